The monoisotopic (exact) mass is 246 g/mol. The normalized spacial score (nSPS) is 29.9. The first-order valence-corrected chi connectivity index (χ1v) is 7.91. The summed E-state index contributed by atoms with van der Waals surface area (Å²) in [5, 5.41) is 3.01. The summed E-state index contributed by atoms with van der Waals surface area (Å²) in [6.07, 6.45) is 6.21. The molecule has 2 fully saturated rings. The number of sulfonamides is 1. The molecule has 0 amide bonds. The molecule has 0 aliphatic carbocycles. The molecule has 0 bridgehead atoms. The lowest BCUT2D eigenvalue weighted by molar-refractivity contribution is 0.400. The Morgan fingerprint density at radius 3 is 2.25 bits per heavy atom. The number of nitrogens with one attached hydrogen (secondary N) is 1. The maximum atomic E-state index is 12.4. The van der Waals surface area contributed by atoms with E-state index in [0.717, 1.165) is 45.3 Å². The summed E-state index contributed by atoms with van der Waals surface area (Å²) in [7, 11) is -3.04. The van der Waals surface area contributed by atoms with Gasteiger partial charge in [0, 0.05) is 19.6 Å². The molecule has 0 aromatic heterocycles. The highest BCUT2D eigenvalue weighted by atomic mass is 32.2. The van der Waals surface area contributed by atoms with Gasteiger partial charge in [0.15, 0.2) is 0 Å². The Labute approximate surface area is 98.4 Å². The minimum absolute atomic E-state index is 0.181. The quantitative estimate of drug-likeness (QED) is 0.789. The summed E-state index contributed by atoms with van der Waals surface area (Å²) < 4.78 is 26.5. The number of piperidine rings is 1. The largest absolute Gasteiger partial charge is 0.315 e. The number of nitrogens with zero attached hydrogens (tertiary/aromatic N) is 1. The Morgan fingerprint density at radius 1 is 1.00 bits per heavy atom. The van der Waals surface area contributed by atoms with E-state index in [4.69, 9.17) is 0 Å². The minimum Gasteiger partial charge on any atom is -0.315 e. The fraction of sp³-hybridized carbons (Fsp3) is 1.00. The van der Waals surface area contributed by atoms with Crippen LogP contribution in [0.25, 0.3) is 0 Å². The molecule has 0 radical (unpaired) electrons. The van der Waals surface area contributed by atoms with E-state index in [1.165, 1.54) is 12.8 Å². The molecule has 2 rings (SSSR count). The van der Waals surface area contributed by atoms with E-state index in [-0.39, 0.29) is 5.25 Å². The molecule has 1 unspecified atom stereocenters. The Bertz CT molecular complexity index is 302. The van der Waals surface area contributed by atoms with Gasteiger partial charge in [0.2, 0.25) is 10.0 Å². The van der Waals surface area contributed by atoms with Gasteiger partial charge in [-0.1, -0.05) is 12.8 Å². The second-order valence-corrected chi connectivity index (χ2v) is 7.04. The third kappa shape index (κ3) is 2.76. The zero-order valence-corrected chi connectivity index (χ0v) is 10.6. The summed E-state index contributed by atoms with van der Waals surface area (Å²) in [4.78, 5) is 0. The van der Waals surface area contributed by atoms with E-state index in [1.807, 2.05) is 0 Å². The van der Waals surface area contributed by atoms with E-state index in [9.17, 15) is 8.42 Å². The van der Waals surface area contributed by atoms with Crippen molar-refractivity contribution < 1.29 is 8.42 Å². The third-order valence-electron chi connectivity index (χ3n) is 3.60. The molecule has 0 saturated carbocycles. The van der Waals surface area contributed by atoms with Gasteiger partial charge in [0.25, 0.3) is 0 Å². The van der Waals surface area contributed by atoms with Crippen molar-refractivity contribution in [2.75, 3.05) is 26.2 Å². The predicted octanol–water partition coefficient (Wildman–Crippen LogP) is 0.944. The van der Waals surface area contributed by atoms with Crippen LogP contribution in [0.2, 0.25) is 0 Å². The molecule has 2 aliphatic rings. The molecule has 94 valence electrons. The summed E-state index contributed by atoms with van der Waals surface area (Å²) in [5.41, 5.74) is 0. The molecule has 4 nitrogen and oxygen atoms in total. The van der Waals surface area contributed by atoms with Gasteiger partial charge in [0.05, 0.1) is 5.25 Å². The van der Waals surface area contributed by atoms with Gasteiger partial charge < -0.3 is 5.32 Å². The number of rotatable bonds is 2. The van der Waals surface area contributed by atoms with Crippen LogP contribution in [0, 0.1) is 0 Å². The molecular weight excluding hydrogens is 224 g/mol. The van der Waals surface area contributed by atoms with Gasteiger partial charge in [-0.3, -0.25) is 0 Å². The molecule has 2 heterocycles. The smallest absolute Gasteiger partial charge is 0.218 e. The van der Waals surface area contributed by atoms with Crippen LogP contribution >= 0.6 is 0 Å². The van der Waals surface area contributed by atoms with Gasteiger partial charge >= 0.3 is 0 Å². The maximum absolute atomic E-state index is 12.4. The molecular formula is C11H22N2O2S. The summed E-state index contributed by atoms with van der Waals surface area (Å²) in [6, 6.07) is 0. The van der Waals surface area contributed by atoms with Crippen molar-refractivity contribution >= 4 is 10.0 Å². The van der Waals surface area contributed by atoms with E-state index in [2.05, 4.69) is 5.32 Å². The summed E-state index contributed by atoms with van der Waals surface area (Å²) >= 11 is 0. The lowest BCUT2D eigenvalue weighted by atomic mass is 10.2. The number of hydrogen-bond acceptors (Lipinski definition) is 3. The summed E-state index contributed by atoms with van der Waals surface area (Å²) in [6.45, 7) is 3.07. The topological polar surface area (TPSA) is 49.4 Å². The first kappa shape index (κ1) is 12.3. The maximum Gasteiger partial charge on any atom is 0.218 e. The zero-order chi connectivity index (χ0) is 11.4. The minimum atomic E-state index is -3.04. The van der Waals surface area contributed by atoms with Crippen molar-refractivity contribution in [3.8, 4) is 0 Å². The molecule has 1 N–H and O–H groups in total. The van der Waals surface area contributed by atoms with E-state index in [1.54, 1.807) is 4.31 Å². The standard InChI is InChI=1S/C11H22N2O2S/c14-16(15,11-6-5-7-12-10-11)13-8-3-1-2-4-9-13/h11-12H,1-10H2. The van der Waals surface area contributed by atoms with Crippen molar-refractivity contribution in [2.24, 2.45) is 0 Å². The van der Waals surface area contributed by atoms with Gasteiger partial charge in [-0.2, -0.15) is 0 Å². The van der Waals surface area contributed by atoms with Crippen molar-refractivity contribution in [3.63, 3.8) is 0 Å². The van der Waals surface area contributed by atoms with E-state index >= 15 is 0 Å². The van der Waals surface area contributed by atoms with Crippen LogP contribution in [0.15, 0.2) is 0 Å². The second kappa shape index (κ2) is 5.47. The molecule has 0 aromatic rings. The number of hydrogen-bond donors (Lipinski definition) is 1. The molecule has 2 saturated heterocycles. The highest BCUT2D eigenvalue weighted by Gasteiger charge is 2.32. The molecule has 5 heteroatoms. The average Bonchev–Trinajstić information content (AvgIpc) is 2.59. The fourth-order valence-electron chi connectivity index (χ4n) is 2.58. The third-order valence-corrected chi connectivity index (χ3v) is 5.93. The van der Waals surface area contributed by atoms with Crippen LogP contribution in [0.1, 0.15) is 38.5 Å². The predicted molar refractivity (Wildman–Crippen MR) is 64.9 cm³/mol. The van der Waals surface area contributed by atoms with Crippen LogP contribution in [0.3, 0.4) is 0 Å². The lowest BCUT2D eigenvalue weighted by Gasteiger charge is -2.29. The molecule has 2 aliphatic heterocycles. The highest BCUT2D eigenvalue weighted by molar-refractivity contribution is 7.89. The highest BCUT2D eigenvalue weighted by Crippen LogP contribution is 2.20. The van der Waals surface area contributed by atoms with Crippen LogP contribution in [-0.2, 0) is 10.0 Å². The molecule has 16 heavy (non-hydrogen) atoms. The van der Waals surface area contributed by atoms with E-state index < -0.39 is 10.0 Å². The van der Waals surface area contributed by atoms with Crippen molar-refractivity contribution in [2.45, 2.75) is 43.8 Å². The fourth-order valence-corrected chi connectivity index (χ4v) is 4.56. The Morgan fingerprint density at radius 2 is 1.69 bits per heavy atom. The van der Waals surface area contributed by atoms with Crippen molar-refractivity contribution in [3.05, 3.63) is 0 Å². The molecule has 0 spiro atoms. The molecule has 0 aromatic carbocycles. The van der Waals surface area contributed by atoms with Gasteiger partial charge in [-0.05, 0) is 32.2 Å². The van der Waals surface area contributed by atoms with Crippen LogP contribution < -0.4 is 5.32 Å². The Balaban J connectivity index is 2.03. The first-order valence-electron chi connectivity index (χ1n) is 6.41. The van der Waals surface area contributed by atoms with Gasteiger partial charge in [0.1, 0.15) is 0 Å². The molecule has 1 atom stereocenters. The second-order valence-electron chi connectivity index (χ2n) is 4.83. The van der Waals surface area contributed by atoms with E-state index in [0.29, 0.717) is 6.54 Å². The van der Waals surface area contributed by atoms with Crippen molar-refractivity contribution in [1.82, 2.24) is 9.62 Å². The van der Waals surface area contributed by atoms with Gasteiger partial charge in [-0.15, -0.1) is 0 Å². The Kier molecular flexibility index (Phi) is 4.21. The van der Waals surface area contributed by atoms with Gasteiger partial charge in [-0.25, -0.2) is 12.7 Å². The van der Waals surface area contributed by atoms with Crippen LogP contribution in [-0.4, -0.2) is 44.2 Å². The van der Waals surface area contributed by atoms with Crippen molar-refractivity contribution in [1.29, 1.82) is 0 Å². The SMILES string of the molecule is O=S(=O)(C1CCCNC1)N1CCCCCC1. The zero-order valence-electron chi connectivity index (χ0n) is 9.82. The lowest BCUT2D eigenvalue weighted by Crippen LogP contribution is -2.46. The van der Waals surface area contributed by atoms with Crippen LogP contribution in [0.5, 0.6) is 0 Å². The Hall–Kier alpha value is -0.130. The van der Waals surface area contributed by atoms with Crippen LogP contribution in [0.4, 0.5) is 0 Å². The first-order chi connectivity index (χ1) is 7.71. The summed E-state index contributed by atoms with van der Waals surface area (Å²) in [5.74, 6) is 0. The average molecular weight is 246 g/mol.